The number of nitro groups is 1. The first-order chi connectivity index (χ1) is 25.8. The fourth-order valence-electron chi connectivity index (χ4n) is 5.16. The summed E-state index contributed by atoms with van der Waals surface area (Å²) in [5, 5.41) is 14.5. The van der Waals surface area contributed by atoms with Crippen molar-refractivity contribution in [2.75, 3.05) is 12.4 Å². The highest BCUT2D eigenvalue weighted by Gasteiger charge is 2.56. The van der Waals surface area contributed by atoms with Crippen LogP contribution in [-0.2, 0) is 60.8 Å². The number of anilines is 1. The molecule has 1 amide bonds. The SMILES string of the molecule is COC(=O)[C@H]1O[C@@H](Oc2ccc(COC(=O)Nc3nc(OCc4ccccc4)c4[nH]cnc4n3)cc2[N+](=O)[O-])[C@H](OC(C)=O)[C@@H](OC(C)=O)[C@@H]1OC(C)=O. The second-order valence-corrected chi connectivity index (χ2v) is 11.3. The van der Waals surface area contributed by atoms with E-state index in [4.69, 9.17) is 37.9 Å². The molecule has 4 aromatic rings. The van der Waals surface area contributed by atoms with Crippen LogP contribution in [0.5, 0.6) is 11.6 Å². The van der Waals surface area contributed by atoms with Gasteiger partial charge in [-0.2, -0.15) is 9.97 Å². The molecule has 0 spiro atoms. The molecule has 21 nitrogen and oxygen atoms in total. The molecule has 0 bridgehead atoms. The van der Waals surface area contributed by atoms with Crippen LogP contribution in [0.15, 0.2) is 54.9 Å². The highest BCUT2D eigenvalue weighted by atomic mass is 16.7. The molecule has 21 heteroatoms. The number of imidazole rings is 1. The number of nitro benzene ring substituents is 1. The van der Waals surface area contributed by atoms with E-state index in [1.807, 2.05) is 30.3 Å². The molecule has 2 N–H and O–H groups in total. The van der Waals surface area contributed by atoms with Crippen LogP contribution < -0.4 is 14.8 Å². The van der Waals surface area contributed by atoms with E-state index in [2.05, 4.69) is 25.3 Å². The van der Waals surface area contributed by atoms with E-state index in [0.717, 1.165) is 45.6 Å². The molecule has 2 aromatic heterocycles. The third kappa shape index (κ3) is 9.50. The van der Waals surface area contributed by atoms with E-state index < -0.39 is 83.6 Å². The summed E-state index contributed by atoms with van der Waals surface area (Å²) in [6.07, 6.45) is -8.37. The van der Waals surface area contributed by atoms with Crippen molar-refractivity contribution in [3.05, 3.63) is 76.1 Å². The van der Waals surface area contributed by atoms with E-state index in [9.17, 15) is 34.1 Å². The van der Waals surface area contributed by atoms with Gasteiger partial charge in [-0.25, -0.2) is 14.6 Å². The standard InChI is InChI=1S/C33H32N6O15/c1-16(40)50-24-25(51-17(2)41)27(52-18(3)42)31(54-26(24)30(43)47-4)53-22-11-10-20(12-21(22)39(45)46)14-49-33(44)38-32-36-28-23(34-15-35-28)29(37-32)48-13-19-8-6-5-7-9-19/h5-12,15,24-27,31H,13-14H2,1-4H3,(H2,34,35,36,37,38,44)/t24-,25-,26-,27+,31+/m0/s1. The molecule has 0 unspecified atom stereocenters. The average molecular weight is 753 g/mol. The average Bonchev–Trinajstić information content (AvgIpc) is 3.61. The number of aromatic amines is 1. The zero-order chi connectivity index (χ0) is 38.9. The summed E-state index contributed by atoms with van der Waals surface area (Å²) in [7, 11) is 1.00. The smallest absolute Gasteiger partial charge is 0.414 e. The molecule has 3 heterocycles. The van der Waals surface area contributed by atoms with Crippen molar-refractivity contribution in [1.82, 2.24) is 19.9 Å². The first kappa shape index (κ1) is 38.3. The number of amides is 1. The molecule has 5 atom stereocenters. The van der Waals surface area contributed by atoms with Gasteiger partial charge >= 0.3 is 35.7 Å². The van der Waals surface area contributed by atoms with Gasteiger partial charge in [0.15, 0.2) is 29.7 Å². The summed E-state index contributed by atoms with van der Waals surface area (Å²) < 4.78 is 43.0. The Morgan fingerprint density at radius 2 is 1.57 bits per heavy atom. The number of carbonyl (C=O) groups excluding carboxylic acids is 5. The van der Waals surface area contributed by atoms with E-state index in [-0.39, 0.29) is 29.6 Å². The zero-order valence-electron chi connectivity index (χ0n) is 28.9. The lowest BCUT2D eigenvalue weighted by molar-refractivity contribution is -0.387. The van der Waals surface area contributed by atoms with Crippen molar-refractivity contribution >= 4 is 52.8 Å². The summed E-state index contributed by atoms with van der Waals surface area (Å²) in [6, 6.07) is 12.7. The molecule has 0 radical (unpaired) electrons. The maximum atomic E-state index is 12.7. The van der Waals surface area contributed by atoms with Gasteiger partial charge in [0.05, 0.1) is 18.4 Å². The minimum atomic E-state index is -1.85. The molecule has 54 heavy (non-hydrogen) atoms. The molecule has 1 aliphatic heterocycles. The third-order valence-electron chi connectivity index (χ3n) is 7.35. The number of esters is 4. The monoisotopic (exact) mass is 752 g/mol. The Balaban J connectivity index is 1.32. The lowest BCUT2D eigenvalue weighted by atomic mass is 9.97. The van der Waals surface area contributed by atoms with Crippen LogP contribution >= 0.6 is 0 Å². The summed E-state index contributed by atoms with van der Waals surface area (Å²) >= 11 is 0. The highest BCUT2D eigenvalue weighted by Crippen LogP contribution is 2.35. The molecular weight excluding hydrogens is 720 g/mol. The number of methoxy groups -OCH3 is 1. The van der Waals surface area contributed by atoms with E-state index in [1.165, 1.54) is 12.4 Å². The van der Waals surface area contributed by atoms with E-state index in [1.54, 1.807) is 0 Å². The Hall–Kier alpha value is -6.90. The van der Waals surface area contributed by atoms with Crippen LogP contribution in [-0.4, -0.2) is 92.6 Å². The number of hydrogen-bond donors (Lipinski definition) is 2. The minimum Gasteiger partial charge on any atom is -0.471 e. The second-order valence-electron chi connectivity index (χ2n) is 11.3. The Labute approximate surface area is 304 Å². The fourth-order valence-corrected chi connectivity index (χ4v) is 5.16. The topological polar surface area (TPSA) is 269 Å². The summed E-state index contributed by atoms with van der Waals surface area (Å²) in [5.41, 5.74) is 0.912. The van der Waals surface area contributed by atoms with E-state index in [0.29, 0.717) is 5.52 Å². The van der Waals surface area contributed by atoms with Gasteiger partial charge in [-0.1, -0.05) is 36.4 Å². The minimum absolute atomic E-state index is 0.111. The summed E-state index contributed by atoms with van der Waals surface area (Å²) in [4.78, 5) is 88.2. The molecule has 1 fully saturated rings. The number of nitrogens with zero attached hydrogens (tertiary/aromatic N) is 4. The fraction of sp³-hybridized carbons (Fsp3) is 0.333. The number of benzene rings is 2. The number of H-pyrrole nitrogens is 1. The van der Waals surface area contributed by atoms with Crippen LogP contribution in [0, 0.1) is 10.1 Å². The molecular formula is C33H32N6O15. The van der Waals surface area contributed by atoms with Gasteiger partial charge in [0.1, 0.15) is 18.7 Å². The maximum Gasteiger partial charge on any atom is 0.414 e. The number of aromatic nitrogens is 4. The molecule has 0 aliphatic carbocycles. The number of carbonyl (C=O) groups is 5. The van der Waals surface area contributed by atoms with Crippen LogP contribution in [0.3, 0.4) is 0 Å². The highest BCUT2D eigenvalue weighted by molar-refractivity contribution is 5.85. The van der Waals surface area contributed by atoms with Gasteiger partial charge in [-0.3, -0.25) is 29.8 Å². The lowest BCUT2D eigenvalue weighted by Crippen LogP contribution is -2.64. The Morgan fingerprint density at radius 3 is 2.24 bits per heavy atom. The van der Waals surface area contributed by atoms with Crippen molar-refractivity contribution in [1.29, 1.82) is 0 Å². The van der Waals surface area contributed by atoms with Gasteiger partial charge in [0, 0.05) is 26.8 Å². The quantitative estimate of drug-likeness (QED) is 0.0860. The predicted molar refractivity (Wildman–Crippen MR) is 177 cm³/mol. The second kappa shape index (κ2) is 17.1. The first-order valence-corrected chi connectivity index (χ1v) is 15.8. The van der Waals surface area contributed by atoms with E-state index >= 15 is 0 Å². The Bertz CT molecular complexity index is 2040. The molecule has 1 saturated heterocycles. The molecule has 2 aromatic carbocycles. The van der Waals surface area contributed by atoms with Crippen molar-refractivity contribution in [2.24, 2.45) is 0 Å². The largest absolute Gasteiger partial charge is 0.471 e. The van der Waals surface area contributed by atoms with Crippen molar-refractivity contribution in [3.8, 4) is 11.6 Å². The molecule has 0 saturated carbocycles. The Kier molecular flexibility index (Phi) is 12.1. The van der Waals surface area contributed by atoms with Crippen LogP contribution in [0.2, 0.25) is 0 Å². The van der Waals surface area contributed by atoms with Gasteiger partial charge in [-0.15, -0.1) is 0 Å². The number of hydrogen-bond acceptors (Lipinski definition) is 18. The van der Waals surface area contributed by atoms with Gasteiger partial charge < -0.3 is 42.9 Å². The lowest BCUT2D eigenvalue weighted by Gasteiger charge is -2.42. The number of ether oxygens (including phenoxy) is 8. The van der Waals surface area contributed by atoms with Crippen LogP contribution in [0.1, 0.15) is 31.9 Å². The normalized spacial score (nSPS) is 19.1. The third-order valence-corrected chi connectivity index (χ3v) is 7.35. The number of fused-ring (bicyclic) bond motifs is 1. The van der Waals surface area contributed by atoms with Crippen molar-refractivity contribution < 1.29 is 66.8 Å². The predicted octanol–water partition coefficient (Wildman–Crippen LogP) is 2.66. The first-order valence-electron chi connectivity index (χ1n) is 15.8. The molecule has 1 aliphatic rings. The maximum absolute atomic E-state index is 12.7. The van der Waals surface area contributed by atoms with Gasteiger partial charge in [0.2, 0.25) is 24.2 Å². The summed E-state index contributed by atoms with van der Waals surface area (Å²) in [5.74, 6) is -4.42. The number of rotatable bonds is 13. The van der Waals surface area contributed by atoms with Crippen molar-refractivity contribution in [2.45, 2.75) is 64.7 Å². The molecule has 5 rings (SSSR count). The van der Waals surface area contributed by atoms with Crippen LogP contribution in [0.4, 0.5) is 16.4 Å². The Morgan fingerprint density at radius 1 is 0.889 bits per heavy atom. The zero-order valence-corrected chi connectivity index (χ0v) is 28.9. The van der Waals surface area contributed by atoms with Crippen LogP contribution in [0.25, 0.3) is 11.2 Å². The summed E-state index contributed by atoms with van der Waals surface area (Å²) in [6.45, 7) is 2.70. The molecule has 284 valence electrons. The van der Waals surface area contributed by atoms with Gasteiger partial charge in [0.25, 0.3) is 0 Å². The number of nitrogens with one attached hydrogen (secondary N) is 2. The van der Waals surface area contributed by atoms with Gasteiger partial charge in [-0.05, 0) is 17.2 Å². The van der Waals surface area contributed by atoms with Crippen molar-refractivity contribution in [3.63, 3.8) is 0 Å².